The smallest absolute Gasteiger partial charge is 0.414 e. The van der Waals surface area contributed by atoms with Crippen LogP contribution in [-0.4, -0.2) is 58.6 Å². The van der Waals surface area contributed by atoms with Crippen molar-refractivity contribution in [1.82, 2.24) is 9.88 Å². The van der Waals surface area contributed by atoms with Crippen molar-refractivity contribution in [2.24, 2.45) is 0 Å². The standard InChI is InChI=1S/C19H20FN3O2.C2H2O4/c1-12-15(10-11-23(2)3)18-16(25-12)8-9-17(21-18)22-19(24)13-4-6-14(20)7-5-13;3-1(4)2(5)6/h4-9H,10-11H2,1-3H3,(H,21,22,24);(H,3,4)(H,5,6). The second-order valence-electron chi connectivity index (χ2n) is 6.80. The summed E-state index contributed by atoms with van der Waals surface area (Å²) in [4.78, 5) is 37.1. The van der Waals surface area contributed by atoms with Gasteiger partial charge in [-0.1, -0.05) is 0 Å². The molecule has 0 bridgehead atoms. The molecular formula is C21H22FN3O6. The zero-order valence-electron chi connectivity index (χ0n) is 17.2. The van der Waals surface area contributed by atoms with Crippen LogP contribution in [0.1, 0.15) is 21.7 Å². The van der Waals surface area contributed by atoms with Gasteiger partial charge in [0, 0.05) is 17.7 Å². The van der Waals surface area contributed by atoms with Crippen molar-refractivity contribution >= 4 is 34.8 Å². The van der Waals surface area contributed by atoms with Gasteiger partial charge in [-0.3, -0.25) is 4.79 Å². The number of hydrogen-bond donors (Lipinski definition) is 3. The number of rotatable bonds is 5. The minimum atomic E-state index is -1.82. The summed E-state index contributed by atoms with van der Waals surface area (Å²) in [5, 5.41) is 17.5. The normalized spacial score (nSPS) is 10.5. The molecule has 2 aromatic heterocycles. The number of halogens is 1. The highest BCUT2D eigenvalue weighted by Crippen LogP contribution is 2.26. The quantitative estimate of drug-likeness (QED) is 0.525. The number of nitrogens with zero attached hydrogens (tertiary/aromatic N) is 2. The number of aromatic nitrogens is 1. The molecule has 1 amide bonds. The van der Waals surface area contributed by atoms with Crippen LogP contribution in [0.4, 0.5) is 10.2 Å². The first-order valence-corrected chi connectivity index (χ1v) is 9.15. The number of furan rings is 1. The highest BCUT2D eigenvalue weighted by Gasteiger charge is 2.14. The summed E-state index contributed by atoms with van der Waals surface area (Å²) in [5.41, 5.74) is 2.88. The minimum absolute atomic E-state index is 0.332. The maximum absolute atomic E-state index is 13.0. The SMILES string of the molecule is Cc1oc2ccc(NC(=O)c3ccc(F)cc3)nc2c1CCN(C)C.O=C(O)C(=O)O. The van der Waals surface area contributed by atoms with E-state index >= 15 is 0 Å². The maximum atomic E-state index is 13.0. The molecule has 10 heteroatoms. The average Bonchev–Trinajstić information content (AvgIpc) is 3.01. The Morgan fingerprint density at radius 1 is 1.06 bits per heavy atom. The van der Waals surface area contributed by atoms with Crippen molar-refractivity contribution < 1.29 is 33.4 Å². The fourth-order valence-electron chi connectivity index (χ4n) is 2.63. The van der Waals surface area contributed by atoms with Gasteiger partial charge in [0.2, 0.25) is 0 Å². The van der Waals surface area contributed by atoms with E-state index in [1.807, 2.05) is 21.0 Å². The Morgan fingerprint density at radius 3 is 2.23 bits per heavy atom. The van der Waals surface area contributed by atoms with Crippen LogP contribution in [0.2, 0.25) is 0 Å². The van der Waals surface area contributed by atoms with Gasteiger partial charge in [-0.25, -0.2) is 19.0 Å². The van der Waals surface area contributed by atoms with Crippen LogP contribution in [0.5, 0.6) is 0 Å². The first kappa shape index (κ1) is 23.5. The lowest BCUT2D eigenvalue weighted by Crippen LogP contribution is -2.15. The van der Waals surface area contributed by atoms with E-state index in [2.05, 4.69) is 15.2 Å². The Morgan fingerprint density at radius 2 is 1.68 bits per heavy atom. The summed E-state index contributed by atoms with van der Waals surface area (Å²) in [5.74, 6) is -3.08. The number of hydrogen-bond acceptors (Lipinski definition) is 6. The molecule has 9 nitrogen and oxygen atoms in total. The summed E-state index contributed by atoms with van der Waals surface area (Å²) in [6.07, 6.45) is 0.814. The van der Waals surface area contributed by atoms with E-state index in [1.165, 1.54) is 24.3 Å². The number of carboxylic acid groups (broad SMARTS) is 2. The number of pyridine rings is 1. The molecular weight excluding hydrogens is 409 g/mol. The van der Waals surface area contributed by atoms with Crippen molar-refractivity contribution in [1.29, 1.82) is 0 Å². The summed E-state index contributed by atoms with van der Waals surface area (Å²) in [6.45, 7) is 2.80. The van der Waals surface area contributed by atoms with Crippen LogP contribution in [0.25, 0.3) is 11.1 Å². The Bertz CT molecular complexity index is 1080. The third kappa shape index (κ3) is 6.61. The third-order valence-electron chi connectivity index (χ3n) is 4.17. The topological polar surface area (TPSA) is 133 Å². The molecule has 3 aromatic rings. The molecule has 0 unspecified atom stereocenters. The van der Waals surface area contributed by atoms with Crippen LogP contribution in [-0.2, 0) is 16.0 Å². The molecule has 0 fully saturated rings. The maximum Gasteiger partial charge on any atom is 0.414 e. The number of carbonyl (C=O) groups is 3. The van der Waals surface area contributed by atoms with E-state index < -0.39 is 11.9 Å². The molecule has 2 heterocycles. The molecule has 0 atom stereocenters. The van der Waals surface area contributed by atoms with E-state index in [0.717, 1.165) is 29.8 Å². The molecule has 0 spiro atoms. The van der Waals surface area contributed by atoms with Crippen molar-refractivity contribution in [3.05, 3.63) is 59.1 Å². The Labute approximate surface area is 177 Å². The van der Waals surface area contributed by atoms with Crippen molar-refractivity contribution in [3.63, 3.8) is 0 Å². The number of anilines is 1. The van der Waals surface area contributed by atoms with Crippen LogP contribution in [0.15, 0.2) is 40.8 Å². The Balaban J connectivity index is 0.000000501. The van der Waals surface area contributed by atoms with E-state index in [1.54, 1.807) is 12.1 Å². The van der Waals surface area contributed by atoms with E-state index in [9.17, 15) is 9.18 Å². The van der Waals surface area contributed by atoms with Crippen molar-refractivity contribution in [3.8, 4) is 0 Å². The van der Waals surface area contributed by atoms with Crippen molar-refractivity contribution in [2.45, 2.75) is 13.3 Å². The molecule has 3 N–H and O–H groups in total. The molecule has 0 radical (unpaired) electrons. The first-order valence-electron chi connectivity index (χ1n) is 9.15. The largest absolute Gasteiger partial charge is 0.473 e. The first-order chi connectivity index (χ1) is 14.6. The van der Waals surface area contributed by atoms with Gasteiger partial charge in [-0.2, -0.15) is 0 Å². The molecule has 164 valence electrons. The predicted octanol–water partition coefficient (Wildman–Crippen LogP) is 2.79. The second-order valence-corrected chi connectivity index (χ2v) is 6.80. The summed E-state index contributed by atoms with van der Waals surface area (Å²) in [6, 6.07) is 8.88. The predicted molar refractivity (Wildman–Crippen MR) is 111 cm³/mol. The van der Waals surface area contributed by atoms with Crippen LogP contribution in [0.3, 0.4) is 0 Å². The fourth-order valence-corrected chi connectivity index (χ4v) is 2.63. The van der Waals surface area contributed by atoms with Gasteiger partial charge < -0.3 is 24.8 Å². The lowest BCUT2D eigenvalue weighted by molar-refractivity contribution is -0.159. The Hall–Kier alpha value is -3.79. The lowest BCUT2D eigenvalue weighted by atomic mass is 10.1. The van der Waals surface area contributed by atoms with Gasteiger partial charge in [0.05, 0.1) is 0 Å². The number of carbonyl (C=O) groups excluding carboxylic acids is 1. The summed E-state index contributed by atoms with van der Waals surface area (Å²) < 4.78 is 18.7. The zero-order valence-corrected chi connectivity index (χ0v) is 17.2. The van der Waals surface area contributed by atoms with Gasteiger partial charge in [0.15, 0.2) is 5.58 Å². The molecule has 31 heavy (non-hydrogen) atoms. The Kier molecular flexibility index (Phi) is 7.81. The number of fused-ring (bicyclic) bond motifs is 1. The molecule has 0 saturated heterocycles. The summed E-state index contributed by atoms with van der Waals surface area (Å²) >= 11 is 0. The number of carboxylic acids is 2. The number of likely N-dealkylation sites (N-methyl/N-ethyl adjacent to an activating group) is 1. The highest BCUT2D eigenvalue weighted by atomic mass is 19.1. The van der Waals surface area contributed by atoms with Crippen LogP contribution >= 0.6 is 0 Å². The van der Waals surface area contributed by atoms with E-state index in [4.69, 9.17) is 24.2 Å². The molecule has 0 aliphatic carbocycles. The number of aliphatic carboxylic acids is 2. The van der Waals surface area contributed by atoms with Crippen molar-refractivity contribution in [2.75, 3.05) is 26.0 Å². The average molecular weight is 431 g/mol. The van der Waals surface area contributed by atoms with Gasteiger partial charge in [-0.05, 0) is 63.8 Å². The van der Waals surface area contributed by atoms with E-state index in [-0.39, 0.29) is 11.7 Å². The monoisotopic (exact) mass is 431 g/mol. The molecule has 0 aliphatic heterocycles. The third-order valence-corrected chi connectivity index (χ3v) is 4.17. The van der Waals surface area contributed by atoms with Crippen LogP contribution < -0.4 is 5.32 Å². The fraction of sp³-hybridized carbons (Fsp3) is 0.238. The number of amides is 1. The minimum Gasteiger partial charge on any atom is -0.473 e. The zero-order chi connectivity index (χ0) is 23.1. The lowest BCUT2D eigenvalue weighted by Gasteiger charge is -2.09. The van der Waals surface area contributed by atoms with Gasteiger partial charge in [0.25, 0.3) is 5.91 Å². The second kappa shape index (κ2) is 10.3. The van der Waals surface area contributed by atoms with Crippen LogP contribution in [0, 0.1) is 12.7 Å². The highest BCUT2D eigenvalue weighted by molar-refractivity contribution is 6.27. The van der Waals surface area contributed by atoms with Gasteiger partial charge in [-0.15, -0.1) is 0 Å². The molecule has 0 aliphatic rings. The number of aryl methyl sites for hydroxylation is 1. The van der Waals surface area contributed by atoms with Gasteiger partial charge in [0.1, 0.15) is 22.9 Å². The van der Waals surface area contributed by atoms with Gasteiger partial charge >= 0.3 is 11.9 Å². The number of benzene rings is 1. The molecule has 3 rings (SSSR count). The number of nitrogens with one attached hydrogen (secondary N) is 1. The van der Waals surface area contributed by atoms with E-state index in [0.29, 0.717) is 17.0 Å². The summed E-state index contributed by atoms with van der Waals surface area (Å²) in [7, 11) is 4.03. The molecule has 1 aromatic carbocycles. The molecule has 0 saturated carbocycles.